The lowest BCUT2D eigenvalue weighted by molar-refractivity contribution is -0.384. The number of hydrogen-bond acceptors (Lipinski definition) is 5. The first-order valence-corrected chi connectivity index (χ1v) is 6.64. The Labute approximate surface area is 135 Å². The number of carboxylic acid groups (broad SMARTS) is 1. The van der Waals surface area contributed by atoms with Crippen molar-refractivity contribution in [1.29, 1.82) is 0 Å². The van der Waals surface area contributed by atoms with E-state index in [0.29, 0.717) is 5.56 Å². The Kier molecular flexibility index (Phi) is 4.90. The molecule has 0 saturated carbocycles. The van der Waals surface area contributed by atoms with Gasteiger partial charge in [-0.1, -0.05) is 12.1 Å². The Balaban J connectivity index is 2.10. The molecule has 2 N–H and O–H groups in total. The molecule has 0 aliphatic carbocycles. The van der Waals surface area contributed by atoms with Crippen molar-refractivity contribution in [3.8, 4) is 5.75 Å². The van der Waals surface area contributed by atoms with Gasteiger partial charge < -0.3 is 15.5 Å². The van der Waals surface area contributed by atoms with E-state index >= 15 is 0 Å². The molecule has 0 atom stereocenters. The Morgan fingerprint density at radius 3 is 2.38 bits per heavy atom. The molecule has 0 aliphatic heterocycles. The number of nitro benzene ring substituents is 1. The molecule has 0 radical (unpaired) electrons. The molecule has 1 amide bonds. The minimum Gasteiger partial charge on any atom is -0.872 e. The maximum absolute atomic E-state index is 11.8. The molecule has 0 fully saturated rings. The van der Waals surface area contributed by atoms with E-state index in [1.54, 1.807) is 0 Å². The number of anilines is 1. The molecule has 2 rings (SSSR count). The average molecular weight is 327 g/mol. The molecule has 0 aromatic heterocycles. The Bertz CT molecular complexity index is 827. The summed E-state index contributed by atoms with van der Waals surface area (Å²) in [6, 6.07) is 8.80. The van der Waals surface area contributed by atoms with Gasteiger partial charge in [-0.25, -0.2) is 4.79 Å². The Hall–Kier alpha value is -3.68. The second kappa shape index (κ2) is 7.05. The first-order valence-electron chi connectivity index (χ1n) is 6.64. The number of rotatable bonds is 5. The summed E-state index contributed by atoms with van der Waals surface area (Å²) < 4.78 is 0. The highest BCUT2D eigenvalue weighted by Crippen LogP contribution is 2.20. The number of nitrogens with zero attached hydrogens (tertiary/aromatic N) is 1. The van der Waals surface area contributed by atoms with Crippen LogP contribution >= 0.6 is 0 Å². The maximum Gasteiger partial charge on any atom is 0.337 e. The number of carbonyl (C=O) groups excluding carboxylic acids is 1. The minimum absolute atomic E-state index is 0.000416. The number of hydrogen-bond donors (Lipinski definition) is 2. The molecule has 2 aromatic carbocycles. The molecule has 0 aliphatic rings. The normalized spacial score (nSPS) is 10.5. The molecule has 0 bridgehead atoms. The topological polar surface area (TPSA) is 133 Å². The van der Waals surface area contributed by atoms with Gasteiger partial charge in [0.1, 0.15) is 0 Å². The van der Waals surface area contributed by atoms with Gasteiger partial charge in [0.25, 0.3) is 5.69 Å². The SMILES string of the molecule is O=C(/C=C/c1ccc([N+](=O)[O-])cc1)Nc1ccc([O-])cc1C(=O)O. The van der Waals surface area contributed by atoms with Gasteiger partial charge in [0.05, 0.1) is 16.2 Å². The maximum atomic E-state index is 11.8. The second-order valence-electron chi connectivity index (χ2n) is 4.68. The highest BCUT2D eigenvalue weighted by Gasteiger charge is 2.10. The molecule has 24 heavy (non-hydrogen) atoms. The van der Waals surface area contributed by atoms with E-state index in [-0.39, 0.29) is 16.9 Å². The summed E-state index contributed by atoms with van der Waals surface area (Å²) in [4.78, 5) is 32.9. The van der Waals surface area contributed by atoms with Crippen LogP contribution < -0.4 is 10.4 Å². The molecule has 8 nitrogen and oxygen atoms in total. The van der Waals surface area contributed by atoms with Crippen molar-refractivity contribution in [2.75, 3.05) is 5.32 Å². The van der Waals surface area contributed by atoms with Crippen LogP contribution in [-0.4, -0.2) is 21.9 Å². The number of non-ortho nitro benzene ring substituents is 1. The van der Waals surface area contributed by atoms with Crippen molar-refractivity contribution in [1.82, 2.24) is 0 Å². The van der Waals surface area contributed by atoms with Gasteiger partial charge in [0.2, 0.25) is 5.91 Å². The van der Waals surface area contributed by atoms with E-state index in [1.165, 1.54) is 36.4 Å². The first-order chi connectivity index (χ1) is 11.4. The average Bonchev–Trinajstić information content (AvgIpc) is 2.54. The fourth-order valence-electron chi connectivity index (χ4n) is 1.86. The Morgan fingerprint density at radius 2 is 1.79 bits per heavy atom. The summed E-state index contributed by atoms with van der Waals surface area (Å²) in [6.07, 6.45) is 2.57. The number of nitrogens with one attached hydrogen (secondary N) is 1. The van der Waals surface area contributed by atoms with Crippen LogP contribution in [0.15, 0.2) is 48.5 Å². The highest BCUT2D eigenvalue weighted by molar-refractivity contribution is 6.06. The molecule has 2 aromatic rings. The molecule has 122 valence electrons. The van der Waals surface area contributed by atoms with Gasteiger partial charge in [0.15, 0.2) is 0 Å². The second-order valence-corrected chi connectivity index (χ2v) is 4.68. The molecule has 0 unspecified atom stereocenters. The summed E-state index contributed by atoms with van der Waals surface area (Å²) in [7, 11) is 0. The van der Waals surface area contributed by atoms with Gasteiger partial charge in [-0.15, -0.1) is 5.75 Å². The van der Waals surface area contributed by atoms with Crippen LogP contribution in [-0.2, 0) is 4.79 Å². The Morgan fingerprint density at radius 1 is 1.12 bits per heavy atom. The summed E-state index contributed by atoms with van der Waals surface area (Å²) in [5, 5.41) is 33.1. The van der Waals surface area contributed by atoms with Crippen molar-refractivity contribution in [2.24, 2.45) is 0 Å². The quantitative estimate of drug-likeness (QED) is 0.490. The highest BCUT2D eigenvalue weighted by atomic mass is 16.6. The molecule has 0 heterocycles. The van der Waals surface area contributed by atoms with Gasteiger partial charge in [0, 0.05) is 18.2 Å². The van der Waals surface area contributed by atoms with Crippen molar-refractivity contribution in [3.05, 3.63) is 69.8 Å². The molecule has 0 saturated heterocycles. The number of aromatic carboxylic acids is 1. The standard InChI is InChI=1S/C16H12N2O6/c19-12-6-7-14(13(9-12)16(21)22)17-15(20)8-3-10-1-4-11(5-2-10)18(23)24/h1-9,19H,(H,17,20)(H,21,22)/p-1/b8-3+. The largest absolute Gasteiger partial charge is 0.872 e. The number of nitro groups is 1. The lowest BCUT2D eigenvalue weighted by Gasteiger charge is -2.11. The van der Waals surface area contributed by atoms with E-state index in [9.17, 15) is 24.8 Å². The first kappa shape index (κ1) is 16.7. The van der Waals surface area contributed by atoms with Crippen molar-refractivity contribution in [3.63, 3.8) is 0 Å². The molecule has 0 spiro atoms. The summed E-state index contributed by atoms with van der Waals surface area (Å²) >= 11 is 0. The lowest BCUT2D eigenvalue weighted by atomic mass is 10.1. The third-order valence-electron chi connectivity index (χ3n) is 3.01. The minimum atomic E-state index is -1.33. The summed E-state index contributed by atoms with van der Waals surface area (Å²) in [5.41, 5.74) is 0.185. The van der Waals surface area contributed by atoms with Crippen LogP contribution in [0, 0.1) is 10.1 Å². The summed E-state index contributed by atoms with van der Waals surface area (Å²) in [5.74, 6) is -2.41. The fourth-order valence-corrected chi connectivity index (χ4v) is 1.86. The van der Waals surface area contributed by atoms with Crippen LogP contribution in [0.25, 0.3) is 6.08 Å². The van der Waals surface area contributed by atoms with Crippen LogP contribution in [0.1, 0.15) is 15.9 Å². The third kappa shape index (κ3) is 4.17. The molecular formula is C16H11N2O6-. The number of benzene rings is 2. The monoisotopic (exact) mass is 327 g/mol. The van der Waals surface area contributed by atoms with Gasteiger partial charge in [-0.2, -0.15) is 0 Å². The zero-order chi connectivity index (χ0) is 17.7. The lowest BCUT2D eigenvalue weighted by Crippen LogP contribution is -2.12. The van der Waals surface area contributed by atoms with Crippen LogP contribution in [0.4, 0.5) is 11.4 Å². The predicted octanol–water partition coefficient (Wildman–Crippen LogP) is 2.02. The van der Waals surface area contributed by atoms with Crippen LogP contribution in [0.5, 0.6) is 5.75 Å². The van der Waals surface area contributed by atoms with Gasteiger partial charge in [-0.05, 0) is 29.8 Å². The predicted molar refractivity (Wildman–Crippen MR) is 83.6 cm³/mol. The summed E-state index contributed by atoms with van der Waals surface area (Å²) in [6.45, 7) is 0. The number of carboxylic acids is 1. The van der Waals surface area contributed by atoms with Gasteiger partial charge >= 0.3 is 5.97 Å². The number of carbonyl (C=O) groups is 2. The van der Waals surface area contributed by atoms with Crippen molar-refractivity contribution in [2.45, 2.75) is 0 Å². The van der Waals surface area contributed by atoms with E-state index in [1.807, 2.05) is 0 Å². The zero-order valence-electron chi connectivity index (χ0n) is 12.1. The van der Waals surface area contributed by atoms with E-state index in [0.717, 1.165) is 18.2 Å². The zero-order valence-corrected chi connectivity index (χ0v) is 12.1. The van der Waals surface area contributed by atoms with Crippen molar-refractivity contribution < 1.29 is 24.7 Å². The third-order valence-corrected chi connectivity index (χ3v) is 3.01. The van der Waals surface area contributed by atoms with E-state index in [4.69, 9.17) is 5.11 Å². The molecular weight excluding hydrogens is 316 g/mol. The van der Waals surface area contributed by atoms with Crippen LogP contribution in [0.3, 0.4) is 0 Å². The molecule has 8 heteroatoms. The number of amides is 1. The van der Waals surface area contributed by atoms with Crippen LogP contribution in [0.2, 0.25) is 0 Å². The van der Waals surface area contributed by atoms with E-state index in [2.05, 4.69) is 5.32 Å². The fraction of sp³-hybridized carbons (Fsp3) is 0. The smallest absolute Gasteiger partial charge is 0.337 e. The van der Waals surface area contributed by atoms with Crippen molar-refractivity contribution >= 4 is 29.3 Å². The van der Waals surface area contributed by atoms with Gasteiger partial charge in [-0.3, -0.25) is 14.9 Å². The van der Waals surface area contributed by atoms with E-state index < -0.39 is 22.5 Å².